The highest BCUT2D eigenvalue weighted by molar-refractivity contribution is 7.08. The highest BCUT2D eigenvalue weighted by atomic mass is 32.1. The maximum atomic E-state index is 13.5. The van der Waals surface area contributed by atoms with E-state index in [1.807, 2.05) is 0 Å². The van der Waals surface area contributed by atoms with Crippen LogP contribution in [0.1, 0.15) is 19.4 Å². The summed E-state index contributed by atoms with van der Waals surface area (Å²) in [5.74, 6) is -0.769. The Hall–Kier alpha value is -1.70. The summed E-state index contributed by atoms with van der Waals surface area (Å²) in [4.78, 5) is 10.9. The molecule has 0 radical (unpaired) electrons. The van der Waals surface area contributed by atoms with Crippen LogP contribution in [0.5, 0.6) is 0 Å². The van der Waals surface area contributed by atoms with Crippen LogP contribution in [0.25, 0.3) is 11.3 Å². The van der Waals surface area contributed by atoms with E-state index in [9.17, 15) is 22.4 Å². The van der Waals surface area contributed by atoms with Crippen molar-refractivity contribution in [2.45, 2.75) is 25.6 Å². The maximum absolute atomic E-state index is 13.5. The minimum Gasteiger partial charge on any atom is -0.301 e. The van der Waals surface area contributed by atoms with Gasteiger partial charge >= 0.3 is 6.18 Å². The molecule has 0 aliphatic heterocycles. The first kappa shape index (κ1) is 14.7. The second-order valence-electron chi connectivity index (χ2n) is 4.74. The van der Waals surface area contributed by atoms with Gasteiger partial charge in [-0.05, 0) is 13.8 Å². The Bertz CT molecular complexity index is 642. The van der Waals surface area contributed by atoms with Gasteiger partial charge < -0.3 is 4.79 Å². The largest absolute Gasteiger partial charge is 0.420 e. The van der Waals surface area contributed by atoms with Crippen LogP contribution < -0.4 is 0 Å². The van der Waals surface area contributed by atoms with Gasteiger partial charge in [0.1, 0.15) is 28.9 Å². The van der Waals surface area contributed by atoms with E-state index < -0.39 is 28.8 Å². The van der Waals surface area contributed by atoms with E-state index in [4.69, 9.17) is 0 Å². The zero-order valence-electron chi connectivity index (χ0n) is 10.5. The van der Waals surface area contributed by atoms with Gasteiger partial charge in [-0.2, -0.15) is 18.3 Å². The molecule has 2 aromatic rings. The summed E-state index contributed by atoms with van der Waals surface area (Å²) in [7, 11) is 0. The van der Waals surface area contributed by atoms with Crippen molar-refractivity contribution >= 4 is 17.6 Å². The highest BCUT2D eigenvalue weighted by Gasteiger charge is 2.38. The monoisotopic (exact) mass is 306 g/mol. The van der Waals surface area contributed by atoms with Crippen LogP contribution in [-0.4, -0.2) is 16.1 Å². The Labute approximate surface area is 115 Å². The molecule has 0 unspecified atom stereocenters. The maximum Gasteiger partial charge on any atom is 0.420 e. The Balaban J connectivity index is 2.67. The third-order valence-corrected chi connectivity index (χ3v) is 3.48. The lowest BCUT2D eigenvalue weighted by atomic mass is 10.1. The number of carbonyl (C=O) groups is 1. The van der Waals surface area contributed by atoms with Crippen LogP contribution in [0.4, 0.5) is 17.6 Å². The predicted molar refractivity (Wildman–Crippen MR) is 65.9 cm³/mol. The number of hydrogen-bond donors (Lipinski definition) is 0. The smallest absolute Gasteiger partial charge is 0.301 e. The molecule has 0 aliphatic rings. The minimum atomic E-state index is -4.68. The third-order valence-electron chi connectivity index (χ3n) is 2.77. The van der Waals surface area contributed by atoms with Crippen molar-refractivity contribution in [2.75, 3.05) is 0 Å². The average molecular weight is 306 g/mol. The lowest BCUT2D eigenvalue weighted by molar-refractivity contribution is -0.137. The van der Waals surface area contributed by atoms with E-state index in [2.05, 4.69) is 5.10 Å². The first-order valence-electron chi connectivity index (χ1n) is 5.52. The van der Waals surface area contributed by atoms with Gasteiger partial charge in [0.15, 0.2) is 0 Å². The SMILES string of the molecule is CC(C)(C=O)n1cc(C(F)(F)F)c(-c2cscc2F)n1. The van der Waals surface area contributed by atoms with Crippen molar-refractivity contribution < 1.29 is 22.4 Å². The molecule has 0 aromatic carbocycles. The highest BCUT2D eigenvalue weighted by Crippen LogP contribution is 2.38. The molecule has 8 heteroatoms. The summed E-state index contributed by atoms with van der Waals surface area (Å²) in [6.07, 6.45) is -3.48. The zero-order chi connectivity index (χ0) is 15.1. The van der Waals surface area contributed by atoms with Crippen molar-refractivity contribution in [2.24, 2.45) is 0 Å². The second-order valence-corrected chi connectivity index (χ2v) is 5.48. The van der Waals surface area contributed by atoms with Crippen molar-refractivity contribution in [1.82, 2.24) is 9.78 Å². The van der Waals surface area contributed by atoms with E-state index in [1.165, 1.54) is 19.2 Å². The van der Waals surface area contributed by atoms with E-state index in [-0.39, 0.29) is 5.56 Å². The molecule has 0 N–H and O–H groups in total. The van der Waals surface area contributed by atoms with Crippen molar-refractivity contribution in [3.05, 3.63) is 28.3 Å². The van der Waals surface area contributed by atoms with E-state index in [0.29, 0.717) is 6.29 Å². The lowest BCUT2D eigenvalue weighted by Gasteiger charge is -2.17. The number of rotatable bonds is 3. The van der Waals surface area contributed by atoms with Crippen LogP contribution in [0.3, 0.4) is 0 Å². The van der Waals surface area contributed by atoms with Crippen LogP contribution in [-0.2, 0) is 16.5 Å². The number of thiophene rings is 1. The van der Waals surface area contributed by atoms with Crippen LogP contribution in [0.2, 0.25) is 0 Å². The van der Waals surface area contributed by atoms with Gasteiger partial charge in [-0.15, -0.1) is 11.3 Å². The Morgan fingerprint density at radius 1 is 1.30 bits per heavy atom. The van der Waals surface area contributed by atoms with E-state index in [0.717, 1.165) is 27.6 Å². The Kier molecular flexibility index (Phi) is 3.45. The number of carbonyl (C=O) groups excluding carboxylic acids is 1. The second kappa shape index (κ2) is 4.69. The first-order valence-corrected chi connectivity index (χ1v) is 6.47. The zero-order valence-corrected chi connectivity index (χ0v) is 11.3. The Morgan fingerprint density at radius 2 is 1.95 bits per heavy atom. The van der Waals surface area contributed by atoms with Gasteiger partial charge in [0.05, 0.1) is 0 Å². The van der Waals surface area contributed by atoms with Gasteiger partial charge in [-0.25, -0.2) is 4.39 Å². The number of halogens is 4. The number of alkyl halides is 3. The van der Waals surface area contributed by atoms with E-state index in [1.54, 1.807) is 0 Å². The molecule has 0 atom stereocenters. The number of aromatic nitrogens is 2. The number of aldehydes is 1. The molecule has 0 amide bonds. The summed E-state index contributed by atoms with van der Waals surface area (Å²) >= 11 is 0.942. The van der Waals surface area contributed by atoms with Gasteiger partial charge in [0.2, 0.25) is 0 Å². The fourth-order valence-electron chi connectivity index (χ4n) is 1.58. The van der Waals surface area contributed by atoms with Gasteiger partial charge in [0.25, 0.3) is 0 Å². The molecule has 0 bridgehead atoms. The molecular formula is C12H10F4N2OS. The van der Waals surface area contributed by atoms with Crippen LogP contribution in [0.15, 0.2) is 17.0 Å². The predicted octanol–water partition coefficient (Wildman–Crippen LogP) is 3.70. The van der Waals surface area contributed by atoms with Gasteiger partial charge in [0, 0.05) is 22.5 Å². The third kappa shape index (κ3) is 2.47. The van der Waals surface area contributed by atoms with Crippen molar-refractivity contribution in [3.63, 3.8) is 0 Å². The van der Waals surface area contributed by atoms with Gasteiger partial charge in [-0.1, -0.05) is 0 Å². The minimum absolute atomic E-state index is 0.220. The molecular weight excluding hydrogens is 296 g/mol. The molecule has 20 heavy (non-hydrogen) atoms. The van der Waals surface area contributed by atoms with Crippen molar-refractivity contribution in [1.29, 1.82) is 0 Å². The molecule has 0 spiro atoms. The summed E-state index contributed by atoms with van der Waals surface area (Å²) in [6, 6.07) is 0. The molecule has 2 rings (SSSR count). The van der Waals surface area contributed by atoms with Gasteiger partial charge in [-0.3, -0.25) is 4.68 Å². The van der Waals surface area contributed by atoms with Crippen LogP contribution in [0, 0.1) is 5.82 Å². The quantitative estimate of drug-likeness (QED) is 0.640. The summed E-state index contributed by atoms with van der Waals surface area (Å²) in [5.41, 5.74) is -3.04. The summed E-state index contributed by atoms with van der Waals surface area (Å²) in [6.45, 7) is 2.84. The molecule has 2 aromatic heterocycles. The number of nitrogens with zero attached hydrogens (tertiary/aromatic N) is 2. The molecule has 0 saturated carbocycles. The normalized spacial score (nSPS) is 12.7. The number of hydrogen-bond acceptors (Lipinski definition) is 3. The van der Waals surface area contributed by atoms with Crippen molar-refractivity contribution in [3.8, 4) is 11.3 Å². The summed E-state index contributed by atoms with van der Waals surface area (Å²) < 4.78 is 53.5. The topological polar surface area (TPSA) is 34.9 Å². The molecule has 0 saturated heterocycles. The standard InChI is InChI=1S/C12H10F4N2OS/c1-11(2,6-19)18-3-8(12(14,15)16)10(17-18)7-4-20-5-9(7)13/h3-6H,1-2H3. The molecule has 0 aliphatic carbocycles. The average Bonchev–Trinajstić information content (AvgIpc) is 2.93. The van der Waals surface area contributed by atoms with Crippen LogP contribution >= 0.6 is 11.3 Å². The molecule has 3 nitrogen and oxygen atoms in total. The lowest BCUT2D eigenvalue weighted by Crippen LogP contribution is -2.28. The first-order chi connectivity index (χ1) is 9.16. The molecule has 2 heterocycles. The Morgan fingerprint density at radius 3 is 2.40 bits per heavy atom. The molecule has 108 valence electrons. The molecule has 0 fully saturated rings. The fourth-order valence-corrected chi connectivity index (χ4v) is 2.25. The van der Waals surface area contributed by atoms with E-state index >= 15 is 0 Å². The summed E-state index contributed by atoms with van der Waals surface area (Å²) in [5, 5.41) is 6.11. The fraction of sp³-hybridized carbons (Fsp3) is 0.333.